The molecule has 1 amide bonds. The van der Waals surface area contributed by atoms with Crippen LogP contribution in [0.25, 0.3) is 0 Å². The lowest BCUT2D eigenvalue weighted by Crippen LogP contribution is -2.40. The number of nitrogens with one attached hydrogen (secondary N) is 1. The summed E-state index contributed by atoms with van der Waals surface area (Å²) in [5.74, 6) is 0.892. The monoisotopic (exact) mass is 488 g/mol. The molecular formula is C25H32N2O6S. The first kappa shape index (κ1) is 24.5. The molecule has 2 aromatic rings. The highest BCUT2D eigenvalue weighted by Gasteiger charge is 2.29. The van der Waals surface area contributed by atoms with Crippen LogP contribution < -0.4 is 14.8 Å². The summed E-state index contributed by atoms with van der Waals surface area (Å²) in [5, 5.41) is 2.82. The minimum atomic E-state index is -3.77. The summed E-state index contributed by atoms with van der Waals surface area (Å²) in [7, 11) is -2.34. The standard InChI is InChI=1S/C25H32N2O6S/c1-31-23-11-10-20(18-24(23)34(29,30)27-13-15-32-16-14-27)26-25(28)12-9-19-5-4-8-22(17-19)33-21-6-2-3-7-21/h4-5,8,10-11,17-18,21H,2-3,6-7,9,12-16H2,1H3,(H,26,28). The van der Waals surface area contributed by atoms with Crippen molar-refractivity contribution in [3.8, 4) is 11.5 Å². The summed E-state index contributed by atoms with van der Waals surface area (Å²) >= 11 is 0. The van der Waals surface area contributed by atoms with Gasteiger partial charge in [0.1, 0.15) is 16.4 Å². The number of morpholine rings is 1. The van der Waals surface area contributed by atoms with Crippen LogP contribution in [-0.4, -0.2) is 58.1 Å². The third kappa shape index (κ3) is 6.08. The summed E-state index contributed by atoms with van der Waals surface area (Å²) in [6.07, 6.45) is 5.73. The Balaban J connectivity index is 1.39. The van der Waals surface area contributed by atoms with Gasteiger partial charge in [0.05, 0.1) is 26.4 Å². The maximum Gasteiger partial charge on any atom is 0.246 e. The number of sulfonamides is 1. The van der Waals surface area contributed by atoms with Gasteiger partial charge in [-0.05, 0) is 68.0 Å². The fraction of sp³-hybridized carbons (Fsp3) is 0.480. The van der Waals surface area contributed by atoms with Crippen LogP contribution in [0.5, 0.6) is 11.5 Å². The molecule has 1 heterocycles. The highest BCUT2D eigenvalue weighted by atomic mass is 32.2. The molecule has 1 N–H and O–H groups in total. The molecule has 1 saturated carbocycles. The second-order valence-electron chi connectivity index (χ2n) is 8.60. The molecule has 184 valence electrons. The van der Waals surface area contributed by atoms with Crippen molar-refractivity contribution in [2.24, 2.45) is 0 Å². The Morgan fingerprint density at radius 1 is 1.12 bits per heavy atom. The molecule has 1 aliphatic heterocycles. The number of carbonyl (C=O) groups is 1. The number of hydrogen-bond acceptors (Lipinski definition) is 6. The number of anilines is 1. The highest BCUT2D eigenvalue weighted by molar-refractivity contribution is 7.89. The number of ether oxygens (including phenoxy) is 3. The van der Waals surface area contributed by atoms with Crippen LogP contribution in [0.3, 0.4) is 0 Å². The lowest BCUT2D eigenvalue weighted by Gasteiger charge is -2.26. The van der Waals surface area contributed by atoms with Crippen LogP contribution in [0.1, 0.15) is 37.7 Å². The zero-order chi connectivity index (χ0) is 24.0. The van der Waals surface area contributed by atoms with E-state index in [4.69, 9.17) is 14.2 Å². The first-order chi connectivity index (χ1) is 16.5. The van der Waals surface area contributed by atoms with Crippen LogP contribution in [0.2, 0.25) is 0 Å². The summed E-state index contributed by atoms with van der Waals surface area (Å²) < 4.78 is 44.3. The van der Waals surface area contributed by atoms with Crippen molar-refractivity contribution in [2.45, 2.75) is 49.5 Å². The SMILES string of the molecule is COc1ccc(NC(=O)CCc2cccc(OC3CCCC3)c2)cc1S(=O)(=O)N1CCOCC1. The van der Waals surface area contributed by atoms with Crippen molar-refractivity contribution in [1.82, 2.24) is 4.31 Å². The number of aryl methyl sites for hydroxylation is 1. The Hall–Kier alpha value is -2.62. The molecule has 1 aliphatic carbocycles. The smallest absolute Gasteiger partial charge is 0.246 e. The van der Waals surface area contributed by atoms with Gasteiger partial charge in [-0.1, -0.05) is 12.1 Å². The topological polar surface area (TPSA) is 94.2 Å². The first-order valence-electron chi connectivity index (χ1n) is 11.8. The average molecular weight is 489 g/mol. The van der Waals surface area contributed by atoms with Gasteiger partial charge in [0.2, 0.25) is 15.9 Å². The quantitative estimate of drug-likeness (QED) is 0.580. The Kier molecular flexibility index (Phi) is 8.07. The molecule has 4 rings (SSSR count). The fourth-order valence-electron chi connectivity index (χ4n) is 4.34. The summed E-state index contributed by atoms with van der Waals surface area (Å²) in [4.78, 5) is 12.7. The maximum atomic E-state index is 13.1. The Morgan fingerprint density at radius 2 is 1.88 bits per heavy atom. The van der Waals surface area contributed by atoms with Gasteiger partial charge < -0.3 is 19.5 Å². The normalized spacial score (nSPS) is 17.4. The molecule has 2 fully saturated rings. The lowest BCUT2D eigenvalue weighted by molar-refractivity contribution is -0.116. The maximum absolute atomic E-state index is 13.1. The Morgan fingerprint density at radius 3 is 2.62 bits per heavy atom. The van der Waals surface area contributed by atoms with Crippen molar-refractivity contribution in [3.63, 3.8) is 0 Å². The predicted molar refractivity (Wildman–Crippen MR) is 129 cm³/mol. The van der Waals surface area contributed by atoms with Gasteiger partial charge in [0.25, 0.3) is 0 Å². The van der Waals surface area contributed by atoms with Gasteiger partial charge >= 0.3 is 0 Å². The zero-order valence-corrected chi connectivity index (χ0v) is 20.3. The minimum Gasteiger partial charge on any atom is -0.495 e. The van der Waals surface area contributed by atoms with Crippen LogP contribution in [0.4, 0.5) is 5.69 Å². The Labute approximate surface area is 201 Å². The second-order valence-corrected chi connectivity index (χ2v) is 10.5. The van der Waals surface area contributed by atoms with Crippen molar-refractivity contribution in [3.05, 3.63) is 48.0 Å². The number of benzene rings is 2. The minimum absolute atomic E-state index is 0.0338. The lowest BCUT2D eigenvalue weighted by atomic mass is 10.1. The molecule has 2 aliphatic rings. The number of hydrogen-bond donors (Lipinski definition) is 1. The predicted octanol–water partition coefficient (Wildman–Crippen LogP) is 3.61. The molecule has 0 bridgehead atoms. The van der Waals surface area contributed by atoms with Crippen molar-refractivity contribution in [2.75, 3.05) is 38.7 Å². The molecule has 0 spiro atoms. The van der Waals surface area contributed by atoms with Crippen molar-refractivity contribution >= 4 is 21.6 Å². The van der Waals surface area contributed by atoms with Crippen LogP contribution in [0, 0.1) is 0 Å². The number of amides is 1. The van der Waals surface area contributed by atoms with E-state index in [2.05, 4.69) is 5.32 Å². The van der Waals surface area contributed by atoms with Gasteiger partial charge in [-0.2, -0.15) is 4.31 Å². The van der Waals surface area contributed by atoms with E-state index in [0.717, 1.165) is 24.2 Å². The molecule has 8 nitrogen and oxygen atoms in total. The summed E-state index contributed by atoms with van der Waals surface area (Å²) in [6.45, 7) is 1.27. The molecule has 0 atom stereocenters. The van der Waals surface area contributed by atoms with E-state index in [-0.39, 0.29) is 42.2 Å². The van der Waals surface area contributed by atoms with Crippen LogP contribution >= 0.6 is 0 Å². The molecule has 9 heteroatoms. The van der Waals surface area contributed by atoms with Gasteiger partial charge in [-0.3, -0.25) is 4.79 Å². The third-order valence-electron chi connectivity index (χ3n) is 6.18. The van der Waals surface area contributed by atoms with Crippen molar-refractivity contribution < 1.29 is 27.4 Å². The van der Waals surface area contributed by atoms with Gasteiger partial charge in [0.15, 0.2) is 0 Å². The molecule has 34 heavy (non-hydrogen) atoms. The van der Waals surface area contributed by atoms with E-state index in [1.807, 2.05) is 24.3 Å². The molecule has 2 aromatic carbocycles. The number of methoxy groups -OCH3 is 1. The number of carbonyl (C=O) groups excluding carboxylic acids is 1. The number of rotatable bonds is 9. The fourth-order valence-corrected chi connectivity index (χ4v) is 5.93. The molecule has 0 unspecified atom stereocenters. The van der Waals surface area contributed by atoms with Gasteiger partial charge in [0, 0.05) is 25.2 Å². The first-order valence-corrected chi connectivity index (χ1v) is 13.2. The van der Waals surface area contributed by atoms with E-state index in [0.29, 0.717) is 25.3 Å². The van der Waals surface area contributed by atoms with E-state index in [1.54, 1.807) is 12.1 Å². The average Bonchev–Trinajstić information content (AvgIpc) is 3.36. The van der Waals surface area contributed by atoms with E-state index >= 15 is 0 Å². The van der Waals surface area contributed by atoms with E-state index in [1.165, 1.54) is 30.3 Å². The van der Waals surface area contributed by atoms with Crippen molar-refractivity contribution in [1.29, 1.82) is 0 Å². The van der Waals surface area contributed by atoms with E-state index < -0.39 is 10.0 Å². The zero-order valence-electron chi connectivity index (χ0n) is 19.5. The number of nitrogens with zero attached hydrogens (tertiary/aromatic N) is 1. The Bertz CT molecular complexity index is 1090. The second kappa shape index (κ2) is 11.2. The molecule has 0 radical (unpaired) electrons. The van der Waals surface area contributed by atoms with Gasteiger partial charge in [-0.25, -0.2) is 8.42 Å². The summed E-state index contributed by atoms with van der Waals surface area (Å²) in [5.41, 5.74) is 1.44. The largest absolute Gasteiger partial charge is 0.495 e. The van der Waals surface area contributed by atoms with Crippen LogP contribution in [-0.2, 0) is 26.0 Å². The molecule has 1 saturated heterocycles. The molecule has 0 aromatic heterocycles. The third-order valence-corrected chi connectivity index (χ3v) is 8.10. The van der Waals surface area contributed by atoms with E-state index in [9.17, 15) is 13.2 Å². The van der Waals surface area contributed by atoms with Crippen LogP contribution in [0.15, 0.2) is 47.4 Å². The summed E-state index contributed by atoms with van der Waals surface area (Å²) in [6, 6.07) is 12.5. The molecular weight excluding hydrogens is 456 g/mol. The van der Waals surface area contributed by atoms with Gasteiger partial charge in [-0.15, -0.1) is 0 Å². The highest BCUT2D eigenvalue weighted by Crippen LogP contribution is 2.30.